The van der Waals surface area contributed by atoms with Crippen molar-refractivity contribution in [2.24, 2.45) is 5.92 Å². The minimum atomic E-state index is -0.787. The highest BCUT2D eigenvalue weighted by molar-refractivity contribution is 7.16. The van der Waals surface area contributed by atoms with Crippen molar-refractivity contribution in [2.45, 2.75) is 46.0 Å². The number of hydrogen-bond acceptors (Lipinski definition) is 4. The molecule has 1 aromatic rings. The van der Waals surface area contributed by atoms with Gasteiger partial charge in [0.2, 0.25) is 0 Å². The van der Waals surface area contributed by atoms with Crippen LogP contribution in [0.25, 0.3) is 0 Å². The molecule has 0 saturated carbocycles. The largest absolute Gasteiger partial charge is 0.481 e. The van der Waals surface area contributed by atoms with E-state index < -0.39 is 5.97 Å². The second-order valence-electron chi connectivity index (χ2n) is 5.77. The predicted molar refractivity (Wildman–Crippen MR) is 85.0 cm³/mol. The van der Waals surface area contributed by atoms with E-state index in [9.17, 15) is 10.1 Å². The van der Waals surface area contributed by atoms with Gasteiger partial charge in [-0.2, -0.15) is 5.26 Å². The Balaban J connectivity index is 2.31. The van der Waals surface area contributed by atoms with Gasteiger partial charge in [0.05, 0.1) is 12.0 Å². The van der Waals surface area contributed by atoms with E-state index in [-0.39, 0.29) is 6.42 Å². The summed E-state index contributed by atoms with van der Waals surface area (Å²) in [5, 5.41) is 19.4. The van der Waals surface area contributed by atoms with Gasteiger partial charge < -0.3 is 10.0 Å². The molecule has 114 valence electrons. The van der Waals surface area contributed by atoms with Gasteiger partial charge in [-0.25, -0.2) is 0 Å². The lowest BCUT2D eigenvalue weighted by Gasteiger charge is -2.22. The Morgan fingerprint density at radius 1 is 1.52 bits per heavy atom. The number of anilines is 1. The summed E-state index contributed by atoms with van der Waals surface area (Å²) >= 11 is 1.70. The molecule has 0 amide bonds. The van der Waals surface area contributed by atoms with E-state index in [1.165, 1.54) is 10.4 Å². The van der Waals surface area contributed by atoms with Gasteiger partial charge in [0, 0.05) is 18.0 Å². The second-order valence-corrected chi connectivity index (χ2v) is 6.86. The highest BCUT2D eigenvalue weighted by Gasteiger charge is 2.26. The Morgan fingerprint density at radius 3 is 2.90 bits per heavy atom. The first-order valence-electron chi connectivity index (χ1n) is 7.58. The molecule has 1 atom stereocenters. The fourth-order valence-corrected chi connectivity index (χ4v) is 4.40. The van der Waals surface area contributed by atoms with Gasteiger partial charge in [0.15, 0.2) is 0 Å². The molecule has 0 aromatic carbocycles. The smallest absolute Gasteiger partial charge is 0.305 e. The van der Waals surface area contributed by atoms with Crippen molar-refractivity contribution in [3.8, 4) is 6.07 Å². The van der Waals surface area contributed by atoms with Crippen LogP contribution in [0.2, 0.25) is 0 Å². The number of nitriles is 1. The van der Waals surface area contributed by atoms with Crippen LogP contribution in [0.5, 0.6) is 0 Å². The first-order valence-corrected chi connectivity index (χ1v) is 8.39. The van der Waals surface area contributed by atoms with Gasteiger partial charge in [-0.15, -0.1) is 11.3 Å². The van der Waals surface area contributed by atoms with E-state index in [1.54, 1.807) is 11.3 Å². The van der Waals surface area contributed by atoms with E-state index in [2.05, 4.69) is 24.8 Å². The van der Waals surface area contributed by atoms with E-state index >= 15 is 0 Å². The summed E-state index contributed by atoms with van der Waals surface area (Å²) in [6.45, 7) is 5.61. The summed E-state index contributed by atoms with van der Waals surface area (Å²) in [6.07, 6.45) is 4.23. The molecule has 0 spiro atoms. The summed E-state index contributed by atoms with van der Waals surface area (Å²) in [7, 11) is 0. The zero-order chi connectivity index (χ0) is 15.4. The number of thiophene rings is 1. The predicted octanol–water partition coefficient (Wildman–Crippen LogP) is 3.44. The molecule has 1 aromatic heterocycles. The third-order valence-electron chi connectivity index (χ3n) is 3.98. The van der Waals surface area contributed by atoms with Gasteiger partial charge in [-0.3, -0.25) is 4.79 Å². The Morgan fingerprint density at radius 2 is 2.29 bits per heavy atom. The molecule has 0 aliphatic heterocycles. The van der Waals surface area contributed by atoms with Crippen molar-refractivity contribution in [2.75, 3.05) is 18.0 Å². The first kappa shape index (κ1) is 15.8. The molecule has 5 heteroatoms. The van der Waals surface area contributed by atoms with E-state index in [4.69, 9.17) is 5.11 Å². The van der Waals surface area contributed by atoms with Crippen molar-refractivity contribution < 1.29 is 9.90 Å². The summed E-state index contributed by atoms with van der Waals surface area (Å²) < 4.78 is 0. The quantitative estimate of drug-likeness (QED) is 0.874. The van der Waals surface area contributed by atoms with Crippen LogP contribution >= 0.6 is 11.3 Å². The molecule has 1 N–H and O–H groups in total. The number of carbonyl (C=O) groups is 1. The van der Waals surface area contributed by atoms with Crippen molar-refractivity contribution in [3.05, 3.63) is 16.0 Å². The molecule has 1 unspecified atom stereocenters. The number of hydrogen-bond donors (Lipinski definition) is 1. The molecular weight excluding hydrogens is 284 g/mol. The van der Waals surface area contributed by atoms with Gasteiger partial charge >= 0.3 is 5.97 Å². The minimum Gasteiger partial charge on any atom is -0.481 e. The molecule has 1 heterocycles. The van der Waals surface area contributed by atoms with Crippen LogP contribution in [0.1, 0.15) is 49.1 Å². The Labute approximate surface area is 130 Å². The lowest BCUT2D eigenvalue weighted by atomic mass is 9.88. The van der Waals surface area contributed by atoms with Crippen LogP contribution in [0, 0.1) is 17.2 Å². The Kier molecular flexibility index (Phi) is 5.24. The summed E-state index contributed by atoms with van der Waals surface area (Å²) in [5.74, 6) is -0.112. The minimum absolute atomic E-state index is 0.115. The van der Waals surface area contributed by atoms with Crippen LogP contribution in [0.15, 0.2) is 0 Å². The maximum atomic E-state index is 10.8. The van der Waals surface area contributed by atoms with E-state index in [0.717, 1.165) is 42.8 Å². The molecule has 1 aliphatic rings. The maximum absolute atomic E-state index is 10.8. The fourth-order valence-electron chi connectivity index (χ4n) is 2.89. The lowest BCUT2D eigenvalue weighted by molar-refractivity contribution is -0.136. The average molecular weight is 306 g/mol. The molecule has 0 fully saturated rings. The molecule has 0 radical (unpaired) electrons. The van der Waals surface area contributed by atoms with Crippen LogP contribution in [-0.4, -0.2) is 24.2 Å². The number of fused-ring (bicyclic) bond motifs is 1. The maximum Gasteiger partial charge on any atom is 0.305 e. The SMILES string of the molecule is CCCN(CCC(=O)O)c1sc2c(c1C#N)CCC(C)C2. The van der Waals surface area contributed by atoms with E-state index in [0.29, 0.717) is 12.5 Å². The van der Waals surface area contributed by atoms with Gasteiger partial charge in [-0.1, -0.05) is 13.8 Å². The third kappa shape index (κ3) is 3.56. The highest BCUT2D eigenvalue weighted by atomic mass is 32.1. The molecular formula is C16H22N2O2S. The van der Waals surface area contributed by atoms with Gasteiger partial charge in [0.1, 0.15) is 11.1 Å². The average Bonchev–Trinajstić information content (AvgIpc) is 2.80. The van der Waals surface area contributed by atoms with Crippen LogP contribution in [0.3, 0.4) is 0 Å². The standard InChI is InChI=1S/C16H22N2O2S/c1-3-7-18(8-6-15(19)20)16-13(10-17)12-5-4-11(2)9-14(12)21-16/h11H,3-9H2,1-2H3,(H,19,20). The van der Waals surface area contributed by atoms with Crippen molar-refractivity contribution >= 4 is 22.3 Å². The van der Waals surface area contributed by atoms with Gasteiger partial charge in [0.25, 0.3) is 0 Å². The Bertz CT molecular complexity index is 559. The first-order chi connectivity index (χ1) is 10.1. The van der Waals surface area contributed by atoms with Crippen LogP contribution < -0.4 is 4.90 Å². The topological polar surface area (TPSA) is 64.3 Å². The molecule has 21 heavy (non-hydrogen) atoms. The Hall–Kier alpha value is -1.54. The number of aliphatic carboxylic acids is 1. The number of rotatable bonds is 6. The summed E-state index contributed by atoms with van der Waals surface area (Å²) in [5.41, 5.74) is 2.01. The van der Waals surface area contributed by atoms with Crippen molar-refractivity contribution in [1.29, 1.82) is 5.26 Å². The summed E-state index contributed by atoms with van der Waals surface area (Å²) in [6, 6.07) is 2.37. The molecule has 1 aliphatic carbocycles. The normalized spacial score (nSPS) is 17.1. The second kappa shape index (κ2) is 6.95. The zero-order valence-electron chi connectivity index (χ0n) is 12.7. The monoisotopic (exact) mass is 306 g/mol. The summed E-state index contributed by atoms with van der Waals surface area (Å²) in [4.78, 5) is 14.3. The number of carboxylic acids is 1. The molecule has 0 bridgehead atoms. The van der Waals surface area contributed by atoms with Crippen molar-refractivity contribution in [1.82, 2.24) is 0 Å². The van der Waals surface area contributed by atoms with Crippen LogP contribution in [-0.2, 0) is 17.6 Å². The fraction of sp³-hybridized carbons (Fsp3) is 0.625. The molecule has 4 nitrogen and oxygen atoms in total. The number of nitrogens with zero attached hydrogens (tertiary/aromatic N) is 2. The van der Waals surface area contributed by atoms with E-state index in [1.807, 2.05) is 0 Å². The van der Waals surface area contributed by atoms with Gasteiger partial charge in [-0.05, 0) is 37.2 Å². The van der Waals surface area contributed by atoms with Crippen LogP contribution in [0.4, 0.5) is 5.00 Å². The molecule has 2 rings (SSSR count). The number of carboxylic acid groups (broad SMARTS) is 1. The lowest BCUT2D eigenvalue weighted by Crippen LogP contribution is -2.26. The van der Waals surface area contributed by atoms with Crippen molar-refractivity contribution in [3.63, 3.8) is 0 Å². The molecule has 0 saturated heterocycles. The highest BCUT2D eigenvalue weighted by Crippen LogP contribution is 2.41. The third-order valence-corrected chi connectivity index (χ3v) is 5.30. The zero-order valence-corrected chi connectivity index (χ0v) is 13.5.